The molecule has 1 aliphatic carbocycles. The molecule has 92 valence electrons. The van der Waals surface area contributed by atoms with Crippen molar-refractivity contribution in [3.63, 3.8) is 0 Å². The van der Waals surface area contributed by atoms with Gasteiger partial charge in [0.2, 0.25) is 5.91 Å². The molecule has 1 saturated carbocycles. The summed E-state index contributed by atoms with van der Waals surface area (Å²) in [4.78, 5) is 13.8. The molecule has 17 heavy (non-hydrogen) atoms. The summed E-state index contributed by atoms with van der Waals surface area (Å²) in [5.74, 6) is 1.68. The minimum absolute atomic E-state index is 0.176. The van der Waals surface area contributed by atoms with Crippen molar-refractivity contribution in [1.82, 2.24) is 4.90 Å². The molecule has 1 fully saturated rings. The summed E-state index contributed by atoms with van der Waals surface area (Å²) in [6.45, 7) is 3.13. The van der Waals surface area contributed by atoms with E-state index in [0.29, 0.717) is 18.0 Å². The van der Waals surface area contributed by atoms with E-state index in [1.165, 1.54) is 6.42 Å². The van der Waals surface area contributed by atoms with E-state index < -0.39 is 0 Å². The number of likely N-dealkylation sites (N-methyl/N-ethyl adjacent to an activating group) is 1. The van der Waals surface area contributed by atoms with Crippen LogP contribution in [0.3, 0.4) is 0 Å². The maximum Gasteiger partial charge on any atom is 0.226 e. The van der Waals surface area contributed by atoms with Crippen molar-refractivity contribution in [2.45, 2.75) is 19.8 Å². The summed E-state index contributed by atoms with van der Waals surface area (Å²) in [7, 11) is 1.89. The van der Waals surface area contributed by atoms with Gasteiger partial charge in [-0.15, -0.1) is 0 Å². The molecule has 1 aromatic carbocycles. The third-order valence-electron chi connectivity index (χ3n) is 3.52. The summed E-state index contributed by atoms with van der Waals surface area (Å²) in [6.07, 6.45) is 1.71. The number of carbonyl (C=O) groups excluding carboxylic acids is 1. The summed E-state index contributed by atoms with van der Waals surface area (Å²) in [5.41, 5.74) is 7.40. The Kier molecular flexibility index (Phi) is 3.36. The normalized spacial score (nSPS) is 22.2. The molecule has 2 rings (SSSR count). The van der Waals surface area contributed by atoms with Gasteiger partial charge in [-0.3, -0.25) is 4.79 Å². The van der Waals surface area contributed by atoms with E-state index in [9.17, 15) is 4.79 Å². The molecule has 2 N–H and O–H groups in total. The standard InChI is InChI=1S/C14H20N2O/c1-10-6-12(10)9-16(2)14(17)8-11-4-3-5-13(15)7-11/h3-5,7,10,12H,6,8-9,15H2,1-2H3. The number of anilines is 1. The largest absolute Gasteiger partial charge is 0.399 e. The van der Waals surface area contributed by atoms with Crippen LogP contribution < -0.4 is 5.73 Å². The van der Waals surface area contributed by atoms with Gasteiger partial charge in [-0.1, -0.05) is 19.1 Å². The lowest BCUT2D eigenvalue weighted by molar-refractivity contribution is -0.129. The maximum atomic E-state index is 12.0. The van der Waals surface area contributed by atoms with Crippen molar-refractivity contribution in [2.24, 2.45) is 11.8 Å². The van der Waals surface area contributed by atoms with Gasteiger partial charge in [0.05, 0.1) is 6.42 Å². The first-order valence-electron chi connectivity index (χ1n) is 6.14. The number of hydrogen-bond donors (Lipinski definition) is 1. The van der Waals surface area contributed by atoms with Crippen LogP contribution in [0.2, 0.25) is 0 Å². The third kappa shape index (κ3) is 3.22. The van der Waals surface area contributed by atoms with E-state index >= 15 is 0 Å². The van der Waals surface area contributed by atoms with Crippen LogP contribution >= 0.6 is 0 Å². The Morgan fingerprint density at radius 3 is 2.82 bits per heavy atom. The van der Waals surface area contributed by atoms with E-state index in [4.69, 9.17) is 5.73 Å². The van der Waals surface area contributed by atoms with E-state index in [2.05, 4.69) is 6.92 Å². The monoisotopic (exact) mass is 232 g/mol. The Bertz CT molecular complexity index is 416. The number of carbonyl (C=O) groups is 1. The van der Waals surface area contributed by atoms with Gasteiger partial charge in [0.25, 0.3) is 0 Å². The van der Waals surface area contributed by atoms with Crippen molar-refractivity contribution < 1.29 is 4.79 Å². The maximum absolute atomic E-state index is 12.0. The molecule has 0 saturated heterocycles. The van der Waals surface area contributed by atoms with Gasteiger partial charge in [0.1, 0.15) is 0 Å². The smallest absolute Gasteiger partial charge is 0.226 e. The molecular weight excluding hydrogens is 212 g/mol. The third-order valence-corrected chi connectivity index (χ3v) is 3.52. The van der Waals surface area contributed by atoms with Gasteiger partial charge in [0, 0.05) is 19.3 Å². The van der Waals surface area contributed by atoms with Crippen LogP contribution in [0.15, 0.2) is 24.3 Å². The highest BCUT2D eigenvalue weighted by atomic mass is 16.2. The molecule has 0 radical (unpaired) electrons. The van der Waals surface area contributed by atoms with Gasteiger partial charge >= 0.3 is 0 Å². The molecule has 1 amide bonds. The number of rotatable bonds is 4. The van der Waals surface area contributed by atoms with E-state index in [0.717, 1.165) is 18.0 Å². The average molecular weight is 232 g/mol. The fourth-order valence-corrected chi connectivity index (χ4v) is 2.12. The van der Waals surface area contributed by atoms with Gasteiger partial charge in [-0.05, 0) is 36.0 Å². The number of nitrogens with zero attached hydrogens (tertiary/aromatic N) is 1. The van der Waals surface area contributed by atoms with Crippen LogP contribution in [-0.2, 0) is 11.2 Å². The molecule has 2 unspecified atom stereocenters. The molecule has 2 atom stereocenters. The first-order valence-corrected chi connectivity index (χ1v) is 6.14. The topological polar surface area (TPSA) is 46.3 Å². The van der Waals surface area contributed by atoms with E-state index in [1.54, 1.807) is 0 Å². The zero-order chi connectivity index (χ0) is 12.4. The van der Waals surface area contributed by atoms with Crippen molar-refractivity contribution in [3.05, 3.63) is 29.8 Å². The lowest BCUT2D eigenvalue weighted by atomic mass is 10.1. The Balaban J connectivity index is 1.87. The fourth-order valence-electron chi connectivity index (χ4n) is 2.12. The molecule has 3 heteroatoms. The highest BCUT2D eigenvalue weighted by molar-refractivity contribution is 5.78. The number of hydrogen-bond acceptors (Lipinski definition) is 2. The average Bonchev–Trinajstić information content (AvgIpc) is 2.94. The zero-order valence-corrected chi connectivity index (χ0v) is 10.5. The Hall–Kier alpha value is -1.51. The Morgan fingerprint density at radius 1 is 1.53 bits per heavy atom. The van der Waals surface area contributed by atoms with Crippen molar-refractivity contribution in [2.75, 3.05) is 19.3 Å². The molecule has 0 bridgehead atoms. The predicted octanol–water partition coefficient (Wildman–Crippen LogP) is 1.93. The number of nitrogens with two attached hydrogens (primary N) is 1. The minimum Gasteiger partial charge on any atom is -0.399 e. The van der Waals surface area contributed by atoms with Crippen LogP contribution in [0, 0.1) is 11.8 Å². The zero-order valence-electron chi connectivity index (χ0n) is 10.5. The van der Waals surface area contributed by atoms with Gasteiger partial charge in [-0.25, -0.2) is 0 Å². The lowest BCUT2D eigenvalue weighted by Gasteiger charge is -2.17. The van der Waals surface area contributed by atoms with Crippen LogP contribution in [0.25, 0.3) is 0 Å². The second kappa shape index (κ2) is 4.78. The summed E-state index contributed by atoms with van der Waals surface area (Å²) < 4.78 is 0. The first-order chi connectivity index (χ1) is 8.06. The second-order valence-electron chi connectivity index (χ2n) is 5.17. The molecule has 0 aromatic heterocycles. The van der Waals surface area contributed by atoms with Crippen molar-refractivity contribution in [3.8, 4) is 0 Å². The van der Waals surface area contributed by atoms with Crippen molar-refractivity contribution in [1.29, 1.82) is 0 Å². The molecule has 1 aliphatic rings. The fraction of sp³-hybridized carbons (Fsp3) is 0.500. The van der Waals surface area contributed by atoms with E-state index in [1.807, 2.05) is 36.2 Å². The molecule has 0 spiro atoms. The van der Waals surface area contributed by atoms with E-state index in [-0.39, 0.29) is 5.91 Å². The summed E-state index contributed by atoms with van der Waals surface area (Å²) in [5, 5.41) is 0. The lowest BCUT2D eigenvalue weighted by Crippen LogP contribution is -2.30. The van der Waals surface area contributed by atoms with Gasteiger partial charge < -0.3 is 10.6 Å². The predicted molar refractivity (Wildman–Crippen MR) is 69.5 cm³/mol. The van der Waals surface area contributed by atoms with Gasteiger partial charge in [0.15, 0.2) is 0 Å². The Morgan fingerprint density at radius 2 is 2.24 bits per heavy atom. The summed E-state index contributed by atoms with van der Waals surface area (Å²) >= 11 is 0. The van der Waals surface area contributed by atoms with Crippen LogP contribution in [0.5, 0.6) is 0 Å². The van der Waals surface area contributed by atoms with Crippen LogP contribution in [0.1, 0.15) is 18.9 Å². The highest BCUT2D eigenvalue weighted by Gasteiger charge is 2.34. The minimum atomic E-state index is 0.176. The molecule has 0 heterocycles. The Labute approximate surface area is 103 Å². The molecule has 1 aromatic rings. The highest BCUT2D eigenvalue weighted by Crippen LogP contribution is 2.37. The first kappa shape index (κ1) is 12.0. The number of nitrogen functional groups attached to an aromatic ring is 1. The summed E-state index contributed by atoms with van der Waals surface area (Å²) in [6, 6.07) is 7.54. The second-order valence-corrected chi connectivity index (χ2v) is 5.17. The SMILES string of the molecule is CC1CC1CN(C)C(=O)Cc1cccc(N)c1. The van der Waals surface area contributed by atoms with Crippen LogP contribution in [-0.4, -0.2) is 24.4 Å². The quantitative estimate of drug-likeness (QED) is 0.806. The van der Waals surface area contributed by atoms with Crippen molar-refractivity contribution >= 4 is 11.6 Å². The van der Waals surface area contributed by atoms with Gasteiger partial charge in [-0.2, -0.15) is 0 Å². The molecule has 0 aliphatic heterocycles. The molecule has 3 nitrogen and oxygen atoms in total. The van der Waals surface area contributed by atoms with Crippen LogP contribution in [0.4, 0.5) is 5.69 Å². The number of benzene rings is 1. The number of amides is 1. The molecular formula is C14H20N2O.